The molecular formula is C48H86N14O11S. The molecule has 0 aromatic heterocycles. The smallest absolute Gasteiger partial charge is 0.245 e. The van der Waals surface area contributed by atoms with Crippen molar-refractivity contribution >= 4 is 82.7 Å². The van der Waals surface area contributed by atoms with Gasteiger partial charge >= 0.3 is 0 Å². The molecule has 74 heavy (non-hydrogen) atoms. The maximum absolute atomic E-state index is 14.3. The van der Waals surface area contributed by atoms with Gasteiger partial charge in [-0.1, -0.05) is 67.7 Å². The van der Waals surface area contributed by atoms with E-state index in [0.29, 0.717) is 37.9 Å². The van der Waals surface area contributed by atoms with E-state index in [2.05, 4.69) is 47.5 Å². The average molecular weight is 1070 g/mol. The number of guanidine groups is 1. The number of nitrogens with two attached hydrogens (primary N) is 3. The third-order valence-corrected chi connectivity index (χ3v) is 13.5. The first-order valence-electron chi connectivity index (χ1n) is 25.5. The fraction of sp³-hybridized carbons (Fsp3) is 0.750. The first-order valence-corrected chi connectivity index (χ1v) is 26.9. The quantitative estimate of drug-likeness (QED) is 0.0189. The van der Waals surface area contributed by atoms with Gasteiger partial charge in [-0.3, -0.25) is 57.7 Å². The minimum Gasteiger partial charge on any atom is -0.370 e. The van der Waals surface area contributed by atoms with Gasteiger partial charge in [0.1, 0.15) is 48.3 Å². The number of aliphatic imine (C=N–C) groups is 1. The van der Waals surface area contributed by atoms with Crippen LogP contribution in [0, 0.1) is 17.8 Å². The lowest BCUT2D eigenvalue weighted by Gasteiger charge is -2.32. The topological polar surface area (TPSA) is 381 Å². The van der Waals surface area contributed by atoms with Crippen LogP contribution < -0.4 is 59.7 Å². The molecule has 0 aromatic carbocycles. The van der Waals surface area contributed by atoms with Crippen LogP contribution in [-0.4, -0.2) is 174 Å². The minimum absolute atomic E-state index is 0.0587. The summed E-state index contributed by atoms with van der Waals surface area (Å²) in [7, 11) is 1.43. The van der Waals surface area contributed by atoms with E-state index >= 15 is 0 Å². The number of hydrogen-bond acceptors (Lipinski definition) is 13. The van der Waals surface area contributed by atoms with Gasteiger partial charge in [0.15, 0.2) is 5.96 Å². The first-order chi connectivity index (χ1) is 34.7. The molecule has 14 N–H and O–H groups in total. The summed E-state index contributed by atoms with van der Waals surface area (Å²) in [5, 5.41) is 21.4. The molecule has 1 saturated heterocycles. The zero-order valence-electron chi connectivity index (χ0n) is 45.2. The van der Waals surface area contributed by atoms with Crippen molar-refractivity contribution in [2.45, 2.75) is 168 Å². The summed E-state index contributed by atoms with van der Waals surface area (Å²) >= 11 is 1.42. The number of likely N-dealkylation sites (tertiary alicyclic amines) is 1. The second-order valence-corrected chi connectivity index (χ2v) is 20.2. The number of thioether (sulfide) groups is 1. The van der Waals surface area contributed by atoms with Crippen LogP contribution in [0.1, 0.15) is 120 Å². The summed E-state index contributed by atoms with van der Waals surface area (Å²) in [6.45, 7) is 14.6. The number of hydrogen-bond donors (Lipinski definition) is 11. The Balaban J connectivity index is 3.37. The molecule has 1 heterocycles. The average Bonchev–Trinajstić information content (AvgIpc) is 3.84. The Hall–Kier alpha value is -6.21. The molecule has 0 saturated carbocycles. The van der Waals surface area contributed by atoms with Gasteiger partial charge in [0, 0.05) is 27.1 Å². The SMILES string of the molecule is CCC[C@H](NC(=O)[C@H](CCSC)NC(=O)[C@H](NC(=O)[C@@H](NC(=O)CNC(=O)CN(C)C(C)=O)C(C)C)[C@@H](C)CC)C(=O)N[C@H](C(=O)N[C@@H](CCCN=C(N)N)C(=O)N1CCC[C@H]1C(=O)N[C@H](C)C(N)=O)[C@@H](C)CC. The zero-order chi connectivity index (χ0) is 56.4. The Morgan fingerprint density at radius 1 is 0.676 bits per heavy atom. The van der Waals surface area contributed by atoms with Crippen LogP contribution in [0.15, 0.2) is 4.99 Å². The predicted octanol–water partition coefficient (Wildman–Crippen LogP) is -2.17. The molecule has 1 rings (SSSR count). The van der Waals surface area contributed by atoms with Gasteiger partial charge in [0.2, 0.25) is 65.0 Å². The molecule has 420 valence electrons. The highest BCUT2D eigenvalue weighted by atomic mass is 32.2. The van der Waals surface area contributed by atoms with Crippen LogP contribution in [0.25, 0.3) is 0 Å². The highest BCUT2D eigenvalue weighted by Crippen LogP contribution is 2.21. The van der Waals surface area contributed by atoms with Crippen LogP contribution in [-0.2, 0) is 52.7 Å². The van der Waals surface area contributed by atoms with Gasteiger partial charge in [0.05, 0.1) is 13.1 Å². The Bertz CT molecular complexity index is 1970. The van der Waals surface area contributed by atoms with Crippen molar-refractivity contribution in [2.75, 3.05) is 45.2 Å². The zero-order valence-corrected chi connectivity index (χ0v) is 46.0. The third-order valence-electron chi connectivity index (χ3n) is 12.9. The van der Waals surface area contributed by atoms with E-state index in [0.717, 1.165) is 0 Å². The number of carbonyl (C=O) groups is 11. The molecule has 1 aliphatic heterocycles. The summed E-state index contributed by atoms with van der Waals surface area (Å²) in [5.74, 6) is -8.07. The van der Waals surface area contributed by atoms with Crippen molar-refractivity contribution in [2.24, 2.45) is 39.9 Å². The molecule has 0 aliphatic carbocycles. The molecule has 25 nitrogen and oxygen atoms in total. The molecule has 0 spiro atoms. The normalized spacial score (nSPS) is 16.8. The van der Waals surface area contributed by atoms with Gasteiger partial charge in [-0.2, -0.15) is 11.8 Å². The maximum Gasteiger partial charge on any atom is 0.245 e. The summed E-state index contributed by atoms with van der Waals surface area (Å²) in [5.41, 5.74) is 16.4. The number of primary amides is 1. The molecule has 11 amide bonds. The van der Waals surface area contributed by atoms with Crippen LogP contribution >= 0.6 is 11.8 Å². The Morgan fingerprint density at radius 2 is 1.20 bits per heavy atom. The van der Waals surface area contributed by atoms with Gasteiger partial charge in [-0.15, -0.1) is 0 Å². The highest BCUT2D eigenvalue weighted by Gasteiger charge is 2.40. The van der Waals surface area contributed by atoms with Crippen molar-refractivity contribution in [3.8, 4) is 0 Å². The van der Waals surface area contributed by atoms with E-state index in [4.69, 9.17) is 17.2 Å². The van der Waals surface area contributed by atoms with Crippen LogP contribution in [0.4, 0.5) is 0 Å². The number of carbonyl (C=O) groups excluding carboxylic acids is 11. The molecule has 0 bridgehead atoms. The maximum atomic E-state index is 14.3. The summed E-state index contributed by atoms with van der Waals surface area (Å²) in [6, 6.07) is -8.95. The van der Waals surface area contributed by atoms with Gasteiger partial charge in [0.25, 0.3) is 0 Å². The third kappa shape index (κ3) is 22.5. The lowest BCUT2D eigenvalue weighted by molar-refractivity contribution is -0.142. The number of likely N-dealkylation sites (N-methyl/N-ethyl adjacent to an activating group) is 1. The predicted molar refractivity (Wildman–Crippen MR) is 281 cm³/mol. The van der Waals surface area contributed by atoms with Crippen molar-refractivity contribution < 1.29 is 52.7 Å². The van der Waals surface area contributed by atoms with E-state index < -0.39 is 132 Å². The molecule has 1 fully saturated rings. The fourth-order valence-electron chi connectivity index (χ4n) is 7.72. The van der Waals surface area contributed by atoms with E-state index in [1.165, 1.54) is 42.5 Å². The second kappa shape index (κ2) is 33.6. The summed E-state index contributed by atoms with van der Waals surface area (Å²) in [4.78, 5) is 153. The molecule has 1 aliphatic rings. The Labute approximate surface area is 440 Å². The minimum atomic E-state index is -1.20. The summed E-state index contributed by atoms with van der Waals surface area (Å²) < 4.78 is 0. The lowest BCUT2D eigenvalue weighted by atomic mass is 9.96. The van der Waals surface area contributed by atoms with Crippen molar-refractivity contribution in [1.82, 2.24) is 52.3 Å². The number of rotatable bonds is 33. The lowest BCUT2D eigenvalue weighted by Crippen LogP contribution is -2.61. The monoisotopic (exact) mass is 1070 g/mol. The number of nitrogens with zero attached hydrogens (tertiary/aromatic N) is 3. The standard InChI is InChI=1S/C48H86N14O11S/c1-12-17-31(42(68)59-38(27(6)13-2)46(72)57-33(18-15-21-52-48(50)51)47(73)62-22-16-19-34(62)43(69)54-29(8)40(49)66)55-41(67)32(20-23-74-11)56-45(71)39(28(7)14-3)60-44(70)37(26(4)5)58-35(64)24-53-36(65)25-61(10)30(9)63/h26-29,31-34,37-39H,12-25H2,1-11H3,(H2,49,66)(H,53,65)(H,54,69)(H,55,67)(H,56,71)(H,57,72)(H,58,64)(H,59,68)(H,60,70)(H4,50,51,52)/t27-,28-,29+,31-,32-,33-,34-,37-,38-,39+/m0/s1. The Morgan fingerprint density at radius 3 is 1.72 bits per heavy atom. The van der Waals surface area contributed by atoms with Crippen LogP contribution in [0.3, 0.4) is 0 Å². The summed E-state index contributed by atoms with van der Waals surface area (Å²) in [6.07, 6.45) is 4.47. The largest absolute Gasteiger partial charge is 0.370 e. The molecule has 0 unspecified atom stereocenters. The first kappa shape index (κ1) is 65.8. The number of amides is 11. The van der Waals surface area contributed by atoms with Gasteiger partial charge < -0.3 is 69.5 Å². The molecule has 0 radical (unpaired) electrons. The van der Waals surface area contributed by atoms with E-state index in [-0.39, 0.29) is 57.2 Å². The van der Waals surface area contributed by atoms with Crippen LogP contribution in [0.5, 0.6) is 0 Å². The molecule has 0 aromatic rings. The van der Waals surface area contributed by atoms with E-state index in [1.807, 2.05) is 20.1 Å². The van der Waals surface area contributed by atoms with Gasteiger partial charge in [-0.25, -0.2) is 0 Å². The van der Waals surface area contributed by atoms with Crippen LogP contribution in [0.2, 0.25) is 0 Å². The van der Waals surface area contributed by atoms with E-state index in [9.17, 15) is 52.7 Å². The second-order valence-electron chi connectivity index (χ2n) is 19.2. The molecule has 26 heteroatoms. The van der Waals surface area contributed by atoms with Crippen molar-refractivity contribution in [3.63, 3.8) is 0 Å². The van der Waals surface area contributed by atoms with Crippen molar-refractivity contribution in [1.29, 1.82) is 0 Å². The van der Waals surface area contributed by atoms with E-state index in [1.54, 1.807) is 34.6 Å². The molecule has 10 atom stereocenters. The number of nitrogens with one attached hydrogen (secondary N) is 8. The Kier molecular flexibility index (Phi) is 29.9. The fourth-order valence-corrected chi connectivity index (χ4v) is 8.20. The van der Waals surface area contributed by atoms with Crippen molar-refractivity contribution in [3.05, 3.63) is 0 Å². The van der Waals surface area contributed by atoms with Gasteiger partial charge in [-0.05, 0) is 75.2 Å². The highest BCUT2D eigenvalue weighted by molar-refractivity contribution is 7.98. The molecular weight excluding hydrogens is 981 g/mol.